The fourth-order valence-corrected chi connectivity index (χ4v) is 5.43. The third kappa shape index (κ3) is 5.55. The van der Waals surface area contributed by atoms with Gasteiger partial charge in [-0.05, 0) is 63.4 Å². The van der Waals surface area contributed by atoms with E-state index in [0.29, 0.717) is 30.9 Å². The lowest BCUT2D eigenvalue weighted by Crippen LogP contribution is -2.28. The number of rotatable bonds is 9. The standard InChI is InChI=1S/C24H30N2O5S/c1-4-31-22-11-9-19(16-23(22)32(29,30)26-13-5-6-14-26)25-24(28)12-10-21(27)20-15-17(2)7-8-18(20)3/h7-9,11,15-16H,4-6,10,12-14H2,1-3H3,(H,25,28). The summed E-state index contributed by atoms with van der Waals surface area (Å²) in [5, 5.41) is 2.72. The summed E-state index contributed by atoms with van der Waals surface area (Å²) < 4.78 is 33.1. The average Bonchev–Trinajstić information content (AvgIpc) is 3.31. The van der Waals surface area contributed by atoms with Gasteiger partial charge in [0.25, 0.3) is 0 Å². The van der Waals surface area contributed by atoms with Gasteiger partial charge in [-0.3, -0.25) is 9.59 Å². The normalized spacial score (nSPS) is 14.3. The number of benzene rings is 2. The number of ketones is 1. The molecule has 0 atom stereocenters. The van der Waals surface area contributed by atoms with Crippen molar-refractivity contribution in [2.24, 2.45) is 0 Å². The molecule has 0 spiro atoms. The van der Waals surface area contributed by atoms with E-state index in [0.717, 1.165) is 24.0 Å². The van der Waals surface area contributed by atoms with Crippen molar-refractivity contribution in [2.75, 3.05) is 25.0 Å². The topological polar surface area (TPSA) is 92.8 Å². The maximum atomic E-state index is 13.1. The fraction of sp³-hybridized carbons (Fsp3) is 0.417. The highest BCUT2D eigenvalue weighted by Gasteiger charge is 2.30. The van der Waals surface area contributed by atoms with Gasteiger partial charge in [0.15, 0.2) is 5.78 Å². The van der Waals surface area contributed by atoms with Crippen LogP contribution in [0, 0.1) is 13.8 Å². The Morgan fingerprint density at radius 2 is 1.75 bits per heavy atom. The molecule has 0 aromatic heterocycles. The smallest absolute Gasteiger partial charge is 0.246 e. The van der Waals surface area contributed by atoms with Gasteiger partial charge >= 0.3 is 0 Å². The summed E-state index contributed by atoms with van der Waals surface area (Å²) in [5.74, 6) is -0.176. The highest BCUT2D eigenvalue weighted by Crippen LogP contribution is 2.31. The summed E-state index contributed by atoms with van der Waals surface area (Å²) in [6.07, 6.45) is 1.74. The van der Waals surface area contributed by atoms with Crippen LogP contribution >= 0.6 is 0 Å². The second-order valence-electron chi connectivity index (χ2n) is 8.00. The zero-order valence-electron chi connectivity index (χ0n) is 18.8. The summed E-state index contributed by atoms with van der Waals surface area (Å²) in [6, 6.07) is 10.3. The predicted molar refractivity (Wildman–Crippen MR) is 124 cm³/mol. The molecular weight excluding hydrogens is 428 g/mol. The molecular formula is C24H30N2O5S. The van der Waals surface area contributed by atoms with Crippen LogP contribution in [0.4, 0.5) is 5.69 Å². The monoisotopic (exact) mass is 458 g/mol. The Balaban J connectivity index is 1.72. The lowest BCUT2D eigenvalue weighted by atomic mass is 9.99. The molecule has 2 aromatic carbocycles. The Morgan fingerprint density at radius 3 is 2.44 bits per heavy atom. The van der Waals surface area contributed by atoms with Crippen LogP contribution in [0.5, 0.6) is 5.75 Å². The first kappa shape index (κ1) is 23.9. The molecule has 1 aliphatic heterocycles. The van der Waals surface area contributed by atoms with Crippen LogP contribution in [0.2, 0.25) is 0 Å². The molecule has 1 fully saturated rings. The zero-order chi connectivity index (χ0) is 23.3. The predicted octanol–water partition coefficient (Wildman–Crippen LogP) is 4.09. The van der Waals surface area contributed by atoms with E-state index in [1.165, 1.54) is 10.4 Å². The Morgan fingerprint density at radius 1 is 1.03 bits per heavy atom. The van der Waals surface area contributed by atoms with E-state index in [1.54, 1.807) is 19.1 Å². The largest absolute Gasteiger partial charge is 0.492 e. The van der Waals surface area contributed by atoms with Crippen LogP contribution in [0.1, 0.15) is 54.1 Å². The second kappa shape index (κ2) is 10.3. The molecule has 32 heavy (non-hydrogen) atoms. The molecule has 1 heterocycles. The van der Waals surface area contributed by atoms with Crippen molar-refractivity contribution in [3.05, 3.63) is 53.1 Å². The third-order valence-electron chi connectivity index (χ3n) is 5.48. The minimum Gasteiger partial charge on any atom is -0.492 e. The first-order valence-electron chi connectivity index (χ1n) is 10.9. The molecule has 8 heteroatoms. The van der Waals surface area contributed by atoms with Crippen molar-refractivity contribution in [3.8, 4) is 5.75 Å². The highest BCUT2D eigenvalue weighted by molar-refractivity contribution is 7.89. The van der Waals surface area contributed by atoms with Crippen LogP contribution in [-0.4, -0.2) is 44.1 Å². The van der Waals surface area contributed by atoms with Gasteiger partial charge in [0.05, 0.1) is 6.61 Å². The van der Waals surface area contributed by atoms with Gasteiger partial charge in [0, 0.05) is 37.2 Å². The van der Waals surface area contributed by atoms with Gasteiger partial charge in [-0.25, -0.2) is 8.42 Å². The number of carbonyl (C=O) groups is 2. The van der Waals surface area contributed by atoms with Gasteiger partial charge in [-0.1, -0.05) is 17.7 Å². The molecule has 0 saturated carbocycles. The van der Waals surface area contributed by atoms with Crippen molar-refractivity contribution < 1.29 is 22.7 Å². The molecule has 1 N–H and O–H groups in total. The van der Waals surface area contributed by atoms with Crippen molar-refractivity contribution in [2.45, 2.75) is 51.3 Å². The van der Waals surface area contributed by atoms with E-state index < -0.39 is 10.0 Å². The summed E-state index contributed by atoms with van der Waals surface area (Å²) in [6.45, 7) is 6.86. The number of nitrogens with zero attached hydrogens (tertiary/aromatic N) is 1. The van der Waals surface area contributed by atoms with Crippen LogP contribution in [0.25, 0.3) is 0 Å². The molecule has 0 aliphatic carbocycles. The van der Waals surface area contributed by atoms with E-state index in [2.05, 4.69) is 5.32 Å². The number of hydrogen-bond acceptors (Lipinski definition) is 5. The molecule has 7 nitrogen and oxygen atoms in total. The third-order valence-corrected chi connectivity index (χ3v) is 7.40. The Kier molecular flexibility index (Phi) is 7.69. The number of carbonyl (C=O) groups excluding carboxylic acids is 2. The summed E-state index contributed by atoms with van der Waals surface area (Å²) in [4.78, 5) is 25.1. The quantitative estimate of drug-likeness (QED) is 0.572. The molecule has 1 aliphatic rings. The molecule has 2 aromatic rings. The van der Waals surface area contributed by atoms with Gasteiger partial charge in [-0.15, -0.1) is 0 Å². The molecule has 3 rings (SSSR count). The van der Waals surface area contributed by atoms with Crippen molar-refractivity contribution in [1.82, 2.24) is 4.31 Å². The van der Waals surface area contributed by atoms with Crippen molar-refractivity contribution in [3.63, 3.8) is 0 Å². The number of ether oxygens (including phenoxy) is 1. The minimum absolute atomic E-state index is 0.00757. The molecule has 172 valence electrons. The van der Waals surface area contributed by atoms with Gasteiger partial charge < -0.3 is 10.1 Å². The van der Waals surface area contributed by atoms with Crippen molar-refractivity contribution >= 4 is 27.4 Å². The van der Waals surface area contributed by atoms with E-state index in [4.69, 9.17) is 4.74 Å². The highest BCUT2D eigenvalue weighted by atomic mass is 32.2. The van der Waals surface area contributed by atoms with Crippen LogP contribution in [0.3, 0.4) is 0 Å². The number of hydrogen-bond donors (Lipinski definition) is 1. The molecule has 0 bridgehead atoms. The second-order valence-corrected chi connectivity index (χ2v) is 9.90. The van der Waals surface area contributed by atoms with Gasteiger partial charge in [0.2, 0.25) is 15.9 Å². The summed E-state index contributed by atoms with van der Waals surface area (Å²) >= 11 is 0. The van der Waals surface area contributed by atoms with Gasteiger partial charge in [0.1, 0.15) is 10.6 Å². The minimum atomic E-state index is -3.72. The number of amides is 1. The maximum Gasteiger partial charge on any atom is 0.246 e. The molecule has 1 saturated heterocycles. The van der Waals surface area contributed by atoms with Gasteiger partial charge in [-0.2, -0.15) is 4.31 Å². The number of anilines is 1. The van der Waals surface area contributed by atoms with Crippen molar-refractivity contribution in [1.29, 1.82) is 0 Å². The average molecular weight is 459 g/mol. The lowest BCUT2D eigenvalue weighted by Gasteiger charge is -2.19. The van der Waals surface area contributed by atoms with E-state index in [1.807, 2.05) is 32.0 Å². The number of aryl methyl sites for hydroxylation is 2. The van der Waals surface area contributed by atoms with E-state index in [9.17, 15) is 18.0 Å². The summed E-state index contributed by atoms with van der Waals surface area (Å²) in [7, 11) is -3.72. The molecule has 1 amide bonds. The zero-order valence-corrected chi connectivity index (χ0v) is 19.6. The first-order valence-corrected chi connectivity index (χ1v) is 12.3. The maximum absolute atomic E-state index is 13.1. The van der Waals surface area contributed by atoms with Crippen LogP contribution in [-0.2, 0) is 14.8 Å². The SMILES string of the molecule is CCOc1ccc(NC(=O)CCC(=O)c2cc(C)ccc2C)cc1S(=O)(=O)N1CCCC1. The first-order chi connectivity index (χ1) is 15.2. The lowest BCUT2D eigenvalue weighted by molar-refractivity contribution is -0.116. The van der Waals surface area contributed by atoms with E-state index in [-0.39, 0.29) is 35.2 Å². The Bertz CT molecular complexity index is 1110. The molecule has 0 radical (unpaired) electrons. The summed E-state index contributed by atoms with van der Waals surface area (Å²) in [5.41, 5.74) is 2.85. The molecule has 0 unspecified atom stereocenters. The van der Waals surface area contributed by atoms with Crippen LogP contribution < -0.4 is 10.1 Å². The fourth-order valence-electron chi connectivity index (χ4n) is 3.75. The number of nitrogens with one attached hydrogen (secondary N) is 1. The Labute approximate surface area is 189 Å². The number of Topliss-reactive ketones (excluding diaryl/α,β-unsaturated/α-hetero) is 1. The van der Waals surface area contributed by atoms with E-state index >= 15 is 0 Å². The van der Waals surface area contributed by atoms with Crippen LogP contribution in [0.15, 0.2) is 41.3 Å². The Hall–Kier alpha value is -2.71. The number of sulfonamides is 1.